The number of oxime groups is 1. The number of nitrogens with two attached hydrogens (primary N) is 1. The summed E-state index contributed by atoms with van der Waals surface area (Å²) in [6, 6.07) is 9.04. The number of benzene rings is 1. The fraction of sp³-hybridized carbons (Fsp3) is 0.385. The number of β-lactam (4-membered cyclic amide) rings is 1. The highest BCUT2D eigenvalue weighted by molar-refractivity contribution is 7.80. The standard InChI is InChI=1S/C26H30N6O10S2/c1-14-10-19(31(5)30(14)4)15-6-8-16(9-7-15)40-12-21(24(35)36)41-29-22(18-13-43-25(27)28-18)20(33)11-17-23(34)32(26(17,2)3)42-44(37,38)39/h6-10,13,17,21H,11-12H2,1-5H3,(H3-,27,28,35,36,37,38,39)/p+1/b29-22-/t17-,21+/m1/s1. The fourth-order valence-electron chi connectivity index (χ4n) is 4.50. The largest absolute Gasteiger partial charge is 0.489 e. The van der Waals surface area contributed by atoms with Crippen molar-refractivity contribution in [3.63, 3.8) is 0 Å². The number of carbonyl (C=O) groups is 3. The van der Waals surface area contributed by atoms with Gasteiger partial charge in [0.05, 0.1) is 24.2 Å². The van der Waals surface area contributed by atoms with E-state index in [1.165, 1.54) is 19.2 Å². The van der Waals surface area contributed by atoms with Gasteiger partial charge < -0.3 is 20.4 Å². The number of ketones is 1. The quantitative estimate of drug-likeness (QED) is 0.0777. The number of aryl methyl sites for hydroxylation is 1. The van der Waals surface area contributed by atoms with Gasteiger partial charge in [-0.15, -0.1) is 20.3 Å². The van der Waals surface area contributed by atoms with Gasteiger partial charge in [0.15, 0.2) is 23.7 Å². The maximum absolute atomic E-state index is 13.3. The molecule has 0 spiro atoms. The summed E-state index contributed by atoms with van der Waals surface area (Å²) in [5.41, 5.74) is 6.94. The van der Waals surface area contributed by atoms with Crippen molar-refractivity contribution in [3.05, 3.63) is 47.1 Å². The predicted molar refractivity (Wildman–Crippen MR) is 155 cm³/mol. The molecule has 236 valence electrons. The number of aliphatic carboxylic acids is 1. The summed E-state index contributed by atoms with van der Waals surface area (Å²) in [6.45, 7) is 4.38. The Balaban J connectivity index is 1.47. The Morgan fingerprint density at radius 1 is 1.27 bits per heavy atom. The van der Waals surface area contributed by atoms with Crippen molar-refractivity contribution in [3.8, 4) is 17.0 Å². The molecule has 1 amide bonds. The van der Waals surface area contributed by atoms with Crippen LogP contribution in [0.2, 0.25) is 0 Å². The summed E-state index contributed by atoms with van der Waals surface area (Å²) in [5.74, 6) is -3.76. The zero-order valence-corrected chi connectivity index (χ0v) is 26.0. The van der Waals surface area contributed by atoms with E-state index in [0.717, 1.165) is 28.3 Å². The minimum Gasteiger partial charge on any atom is -0.489 e. The molecule has 4 N–H and O–H groups in total. The van der Waals surface area contributed by atoms with Gasteiger partial charge in [-0.25, -0.2) is 9.78 Å². The van der Waals surface area contributed by atoms with Crippen LogP contribution < -0.4 is 15.2 Å². The molecule has 18 heteroatoms. The number of hydroxylamine groups is 2. The molecular weight excluding hydrogens is 620 g/mol. The molecule has 0 bridgehead atoms. The van der Waals surface area contributed by atoms with E-state index in [1.807, 2.05) is 48.6 Å². The number of carbonyl (C=O) groups excluding carboxylic acids is 2. The van der Waals surface area contributed by atoms with Crippen LogP contribution in [-0.2, 0) is 48.0 Å². The minimum absolute atomic E-state index is 0.0157. The van der Waals surface area contributed by atoms with Gasteiger partial charge in [-0.3, -0.25) is 14.1 Å². The second-order valence-electron chi connectivity index (χ2n) is 10.5. The van der Waals surface area contributed by atoms with Crippen molar-refractivity contribution in [2.45, 2.75) is 38.8 Å². The number of nitrogen functional groups attached to an aromatic ring is 1. The lowest BCUT2D eigenvalue weighted by Gasteiger charge is -2.50. The number of rotatable bonds is 13. The molecule has 1 saturated heterocycles. The van der Waals surface area contributed by atoms with Crippen LogP contribution in [0.4, 0.5) is 5.13 Å². The zero-order valence-electron chi connectivity index (χ0n) is 24.3. The molecule has 0 aliphatic carbocycles. The van der Waals surface area contributed by atoms with E-state index in [-0.39, 0.29) is 10.8 Å². The van der Waals surface area contributed by atoms with Crippen LogP contribution in [0.25, 0.3) is 11.3 Å². The van der Waals surface area contributed by atoms with Gasteiger partial charge in [-0.2, -0.15) is 18.2 Å². The number of hydrogen-bond donors (Lipinski definition) is 3. The van der Waals surface area contributed by atoms with Crippen LogP contribution >= 0.6 is 11.3 Å². The summed E-state index contributed by atoms with van der Waals surface area (Å²) >= 11 is 0.991. The maximum atomic E-state index is 13.3. The van der Waals surface area contributed by atoms with Gasteiger partial charge in [0.1, 0.15) is 18.1 Å². The van der Waals surface area contributed by atoms with Crippen molar-refractivity contribution in [2.75, 3.05) is 12.3 Å². The molecule has 1 aromatic carbocycles. The third kappa shape index (κ3) is 6.88. The first kappa shape index (κ1) is 32.5. The first-order valence-electron chi connectivity index (χ1n) is 13.0. The van der Waals surface area contributed by atoms with Gasteiger partial charge in [0.25, 0.3) is 12.0 Å². The van der Waals surface area contributed by atoms with E-state index in [2.05, 4.69) is 14.4 Å². The highest BCUT2D eigenvalue weighted by Crippen LogP contribution is 2.40. The highest BCUT2D eigenvalue weighted by Gasteiger charge is 2.57. The Morgan fingerprint density at radius 3 is 2.43 bits per heavy atom. The number of thiazole rings is 1. The minimum atomic E-state index is -4.98. The van der Waals surface area contributed by atoms with Crippen molar-refractivity contribution < 1.29 is 51.0 Å². The number of carboxylic acid groups (broad SMARTS) is 1. The number of nitrogens with zero attached hydrogens (tertiary/aromatic N) is 5. The van der Waals surface area contributed by atoms with Crippen LogP contribution in [0, 0.1) is 12.8 Å². The van der Waals surface area contributed by atoms with Crippen LogP contribution in [-0.4, -0.2) is 74.4 Å². The number of amides is 1. The lowest BCUT2D eigenvalue weighted by atomic mass is 9.74. The van der Waals surface area contributed by atoms with E-state index >= 15 is 0 Å². The number of ether oxygens (including phenoxy) is 1. The summed E-state index contributed by atoms with van der Waals surface area (Å²) < 4.78 is 45.0. The summed E-state index contributed by atoms with van der Waals surface area (Å²) in [7, 11) is -1.11. The van der Waals surface area contributed by atoms with E-state index in [1.54, 1.807) is 12.1 Å². The third-order valence-corrected chi connectivity index (χ3v) is 8.23. The van der Waals surface area contributed by atoms with E-state index in [9.17, 15) is 27.9 Å². The monoisotopic (exact) mass is 651 g/mol. The predicted octanol–water partition coefficient (Wildman–Crippen LogP) is 1.05. The fourth-order valence-corrected chi connectivity index (χ4v) is 5.50. The molecule has 2 atom stereocenters. The molecule has 0 radical (unpaired) electrons. The third-order valence-electron chi connectivity index (χ3n) is 7.21. The van der Waals surface area contributed by atoms with Gasteiger partial charge in [-0.05, 0) is 45.0 Å². The Morgan fingerprint density at radius 2 is 1.93 bits per heavy atom. The Bertz CT molecular complexity index is 1730. The van der Waals surface area contributed by atoms with Gasteiger partial charge in [0.2, 0.25) is 5.69 Å². The molecule has 0 saturated carbocycles. The topological polar surface area (TPSA) is 217 Å². The highest BCUT2D eigenvalue weighted by atomic mass is 32.3. The van der Waals surface area contributed by atoms with Crippen molar-refractivity contribution in [1.29, 1.82) is 0 Å². The van der Waals surface area contributed by atoms with Crippen LogP contribution in [0.3, 0.4) is 0 Å². The molecule has 2 aromatic heterocycles. The number of carboxylic acids is 1. The van der Waals surface area contributed by atoms with Crippen LogP contribution in [0.15, 0.2) is 40.9 Å². The number of aromatic nitrogens is 3. The first-order valence-corrected chi connectivity index (χ1v) is 15.2. The normalized spacial score (nSPS) is 17.2. The average Bonchev–Trinajstić information content (AvgIpc) is 3.49. The number of hydrogen-bond acceptors (Lipinski definition) is 12. The average molecular weight is 652 g/mol. The van der Waals surface area contributed by atoms with Crippen molar-refractivity contribution >= 4 is 50.2 Å². The molecule has 16 nitrogen and oxygen atoms in total. The molecule has 1 aliphatic rings. The van der Waals surface area contributed by atoms with Gasteiger partial charge in [0, 0.05) is 23.4 Å². The van der Waals surface area contributed by atoms with Crippen molar-refractivity contribution in [1.82, 2.24) is 14.7 Å². The van der Waals surface area contributed by atoms with Crippen LogP contribution in [0.1, 0.15) is 31.7 Å². The Labute approximate surface area is 256 Å². The van der Waals surface area contributed by atoms with Crippen LogP contribution in [0.5, 0.6) is 5.75 Å². The van der Waals surface area contributed by atoms with E-state index in [4.69, 9.17) is 19.9 Å². The molecule has 1 fully saturated rings. The zero-order chi connectivity index (χ0) is 32.6. The molecule has 3 heterocycles. The summed E-state index contributed by atoms with van der Waals surface area (Å²) in [6.07, 6.45) is -2.13. The summed E-state index contributed by atoms with van der Waals surface area (Å²) in [4.78, 5) is 47.0. The number of Topliss-reactive ketones (excluding diaryl/α,β-unsaturated/α-hetero) is 1. The Kier molecular flexibility index (Phi) is 9.10. The SMILES string of the molecule is Cc1cc(-c2ccc(OC[C@H](O/N=C(\C(=O)C[C@@H]3C(=O)N(OS(=O)(=O)O)C3(C)C)c3csc(N)n3)C(=O)O)cc2)[n+](C)n1C. The van der Waals surface area contributed by atoms with Gasteiger partial charge in [-0.1, -0.05) is 5.16 Å². The molecular formula is C26H31N6O10S2+. The molecule has 3 aromatic rings. The summed E-state index contributed by atoms with van der Waals surface area (Å²) in [5, 5.41) is 15.4. The van der Waals surface area contributed by atoms with E-state index in [0.29, 0.717) is 10.8 Å². The molecule has 1 aliphatic heterocycles. The second kappa shape index (κ2) is 12.3. The molecule has 4 rings (SSSR count). The van der Waals surface area contributed by atoms with Crippen molar-refractivity contribution in [2.24, 2.45) is 25.2 Å². The second-order valence-corrected chi connectivity index (χ2v) is 12.4. The smallest absolute Gasteiger partial charge is 0.418 e. The van der Waals surface area contributed by atoms with E-state index < -0.39 is 64.4 Å². The number of anilines is 1. The maximum Gasteiger partial charge on any atom is 0.418 e. The lowest BCUT2D eigenvalue weighted by Crippen LogP contribution is -2.68. The molecule has 0 unspecified atom stereocenters. The first-order chi connectivity index (χ1) is 20.5. The molecule has 44 heavy (non-hydrogen) atoms. The Hall–Kier alpha value is -4.39. The van der Waals surface area contributed by atoms with Gasteiger partial charge >= 0.3 is 16.4 Å². The lowest BCUT2D eigenvalue weighted by molar-refractivity contribution is -0.741.